The lowest BCUT2D eigenvalue weighted by atomic mass is 10.3. The minimum absolute atomic E-state index is 0.666. The van der Waals surface area contributed by atoms with Crippen molar-refractivity contribution in [2.45, 2.75) is 25.8 Å². The molecule has 1 aliphatic carbocycles. The van der Waals surface area contributed by atoms with E-state index in [-0.39, 0.29) is 0 Å². The van der Waals surface area contributed by atoms with Crippen LogP contribution < -0.4 is 0 Å². The molecule has 0 aromatic carbocycles. The molecule has 1 saturated carbocycles. The highest BCUT2D eigenvalue weighted by atomic mass is 16.5. The first-order valence-electron chi connectivity index (χ1n) is 5.20. The third kappa shape index (κ3) is 0.900. The second-order valence-electron chi connectivity index (χ2n) is 4.42. The van der Waals surface area contributed by atoms with Crippen molar-refractivity contribution in [3.8, 4) is 11.5 Å². The Balaban J connectivity index is 1.87. The second kappa shape index (κ2) is 2.29. The largest absolute Gasteiger partial charge is 0.361 e. The molecule has 15 heavy (non-hydrogen) atoms. The summed E-state index contributed by atoms with van der Waals surface area (Å²) in [6.45, 7) is 2.93. The lowest BCUT2D eigenvalue weighted by Gasteiger charge is -2.00. The van der Waals surface area contributed by atoms with Crippen molar-refractivity contribution in [1.82, 2.24) is 19.9 Å². The van der Waals surface area contributed by atoms with Gasteiger partial charge in [-0.25, -0.2) is 0 Å². The van der Waals surface area contributed by atoms with Crippen LogP contribution in [-0.4, -0.2) is 19.9 Å². The molecule has 2 aliphatic rings. The minimum atomic E-state index is 0.666. The van der Waals surface area contributed by atoms with Gasteiger partial charge in [0.05, 0.1) is 0 Å². The molecule has 5 nitrogen and oxygen atoms in total. The minimum Gasteiger partial charge on any atom is -0.361 e. The summed E-state index contributed by atoms with van der Waals surface area (Å²) in [6.07, 6.45) is 1.29. The Kier molecular flexibility index (Phi) is 1.16. The molecule has 5 heteroatoms. The number of hydrogen-bond acceptors (Lipinski definition) is 4. The summed E-state index contributed by atoms with van der Waals surface area (Å²) in [7, 11) is 0. The van der Waals surface area contributed by atoms with Crippen LogP contribution in [0.25, 0.3) is 11.5 Å². The van der Waals surface area contributed by atoms with Crippen molar-refractivity contribution in [2.75, 3.05) is 0 Å². The normalized spacial score (nSPS) is 26.5. The van der Waals surface area contributed by atoms with Crippen LogP contribution in [0.15, 0.2) is 10.6 Å². The number of rotatable bonds is 1. The number of fused-ring (bicyclic) bond motifs is 3. The molecule has 0 bridgehead atoms. The SMILES string of the molecule is Cc1cc(-c2nnc3n2CC2CC32)no1. The zero-order valence-corrected chi connectivity index (χ0v) is 8.34. The molecule has 2 unspecified atom stereocenters. The highest BCUT2D eigenvalue weighted by Gasteiger charge is 2.48. The molecule has 0 spiro atoms. The van der Waals surface area contributed by atoms with Crippen LogP contribution >= 0.6 is 0 Å². The zero-order valence-electron chi connectivity index (χ0n) is 8.34. The number of aromatic nitrogens is 4. The smallest absolute Gasteiger partial charge is 0.186 e. The van der Waals surface area contributed by atoms with E-state index < -0.39 is 0 Å². The Morgan fingerprint density at radius 1 is 1.47 bits per heavy atom. The van der Waals surface area contributed by atoms with Crippen molar-refractivity contribution < 1.29 is 4.52 Å². The van der Waals surface area contributed by atoms with Crippen molar-refractivity contribution in [3.63, 3.8) is 0 Å². The van der Waals surface area contributed by atoms with Crippen LogP contribution in [0.5, 0.6) is 0 Å². The molecule has 0 radical (unpaired) electrons. The predicted molar refractivity (Wildman–Crippen MR) is 51.1 cm³/mol. The van der Waals surface area contributed by atoms with Crippen molar-refractivity contribution in [3.05, 3.63) is 17.7 Å². The fourth-order valence-corrected chi connectivity index (χ4v) is 2.43. The van der Waals surface area contributed by atoms with Crippen LogP contribution in [0.4, 0.5) is 0 Å². The van der Waals surface area contributed by atoms with Crippen LogP contribution in [0.2, 0.25) is 0 Å². The van der Waals surface area contributed by atoms with E-state index in [1.54, 1.807) is 0 Å². The van der Waals surface area contributed by atoms with Gasteiger partial charge in [0, 0.05) is 18.5 Å². The standard InChI is InChI=1S/C10H10N4O/c1-5-2-8(13-15-5)10-12-11-9-7-3-6(7)4-14(9)10/h2,6-7H,3-4H2,1H3. The van der Waals surface area contributed by atoms with E-state index in [9.17, 15) is 0 Å². The molecule has 2 atom stereocenters. The molecule has 0 N–H and O–H groups in total. The Bertz CT molecular complexity index is 541. The summed E-state index contributed by atoms with van der Waals surface area (Å²) >= 11 is 0. The van der Waals surface area contributed by atoms with E-state index >= 15 is 0 Å². The number of nitrogens with zero attached hydrogens (tertiary/aromatic N) is 4. The summed E-state index contributed by atoms with van der Waals surface area (Å²) < 4.78 is 7.23. The maximum atomic E-state index is 5.06. The fourth-order valence-electron chi connectivity index (χ4n) is 2.43. The first-order chi connectivity index (χ1) is 7.33. The van der Waals surface area contributed by atoms with Crippen LogP contribution in [-0.2, 0) is 6.54 Å². The molecule has 1 aliphatic heterocycles. The molecule has 1 fully saturated rings. The molecule has 2 aromatic rings. The van der Waals surface area contributed by atoms with Crippen molar-refractivity contribution >= 4 is 0 Å². The van der Waals surface area contributed by atoms with Gasteiger partial charge in [0.15, 0.2) is 11.5 Å². The zero-order chi connectivity index (χ0) is 9.99. The van der Waals surface area contributed by atoms with Gasteiger partial charge in [-0.3, -0.25) is 0 Å². The van der Waals surface area contributed by atoms with E-state index in [1.807, 2.05) is 13.0 Å². The maximum absolute atomic E-state index is 5.06. The van der Waals surface area contributed by atoms with Crippen molar-refractivity contribution in [1.29, 1.82) is 0 Å². The molecular weight excluding hydrogens is 192 g/mol. The first-order valence-corrected chi connectivity index (χ1v) is 5.20. The molecule has 4 rings (SSSR count). The van der Waals surface area contributed by atoms with Gasteiger partial charge in [-0.05, 0) is 19.3 Å². The van der Waals surface area contributed by atoms with Crippen LogP contribution in [0, 0.1) is 12.8 Å². The maximum Gasteiger partial charge on any atom is 0.186 e. The van der Waals surface area contributed by atoms with Gasteiger partial charge in [-0.15, -0.1) is 10.2 Å². The van der Waals surface area contributed by atoms with Crippen LogP contribution in [0.1, 0.15) is 23.9 Å². The van der Waals surface area contributed by atoms with Crippen LogP contribution in [0.3, 0.4) is 0 Å². The molecule has 76 valence electrons. The topological polar surface area (TPSA) is 56.7 Å². The molecule has 2 aromatic heterocycles. The van der Waals surface area contributed by atoms with Gasteiger partial charge in [0.1, 0.15) is 11.6 Å². The average molecular weight is 202 g/mol. The summed E-state index contributed by atoms with van der Waals surface area (Å²) in [6, 6.07) is 1.90. The fraction of sp³-hybridized carbons (Fsp3) is 0.500. The highest BCUT2D eigenvalue weighted by molar-refractivity contribution is 5.50. The van der Waals surface area contributed by atoms with Gasteiger partial charge in [0.25, 0.3) is 0 Å². The second-order valence-corrected chi connectivity index (χ2v) is 4.42. The summed E-state index contributed by atoms with van der Waals surface area (Å²) in [5.41, 5.74) is 0.799. The van der Waals surface area contributed by atoms with Crippen molar-refractivity contribution in [2.24, 2.45) is 5.92 Å². The van der Waals surface area contributed by atoms with Gasteiger partial charge in [0.2, 0.25) is 0 Å². The van der Waals surface area contributed by atoms with E-state index in [2.05, 4.69) is 19.9 Å². The Morgan fingerprint density at radius 3 is 3.20 bits per heavy atom. The van der Waals surface area contributed by atoms with E-state index in [0.29, 0.717) is 5.92 Å². The van der Waals surface area contributed by atoms with E-state index in [1.165, 1.54) is 6.42 Å². The van der Waals surface area contributed by atoms with E-state index in [4.69, 9.17) is 4.52 Å². The Hall–Kier alpha value is -1.65. The third-order valence-corrected chi connectivity index (χ3v) is 3.31. The lowest BCUT2D eigenvalue weighted by Crippen LogP contribution is -2.00. The Morgan fingerprint density at radius 2 is 2.40 bits per heavy atom. The van der Waals surface area contributed by atoms with Gasteiger partial charge in [-0.1, -0.05) is 5.16 Å². The van der Waals surface area contributed by atoms with Gasteiger partial charge in [-0.2, -0.15) is 0 Å². The summed E-state index contributed by atoms with van der Waals surface area (Å²) in [5, 5.41) is 12.4. The predicted octanol–water partition coefficient (Wildman–Crippen LogP) is 1.36. The molecule has 3 heterocycles. The highest BCUT2D eigenvalue weighted by Crippen LogP contribution is 2.53. The monoisotopic (exact) mass is 202 g/mol. The van der Waals surface area contributed by atoms with Gasteiger partial charge >= 0.3 is 0 Å². The Labute approximate surface area is 86.1 Å². The van der Waals surface area contributed by atoms with Gasteiger partial charge < -0.3 is 9.09 Å². The number of hydrogen-bond donors (Lipinski definition) is 0. The molecule has 0 saturated heterocycles. The average Bonchev–Trinajstić information content (AvgIpc) is 2.64. The molecule has 0 amide bonds. The third-order valence-electron chi connectivity index (χ3n) is 3.31. The van der Waals surface area contributed by atoms with E-state index in [0.717, 1.165) is 35.6 Å². The quantitative estimate of drug-likeness (QED) is 0.700. The first kappa shape index (κ1) is 7.62. The molecular formula is C10H10N4O. The summed E-state index contributed by atoms with van der Waals surface area (Å²) in [4.78, 5) is 0. The lowest BCUT2D eigenvalue weighted by molar-refractivity contribution is 0.399. The summed E-state index contributed by atoms with van der Waals surface area (Å²) in [5.74, 6) is 4.27. The number of aryl methyl sites for hydroxylation is 1.